The van der Waals surface area contributed by atoms with Crippen molar-refractivity contribution in [2.75, 3.05) is 19.1 Å². The van der Waals surface area contributed by atoms with Gasteiger partial charge in [0.05, 0.1) is 18.8 Å². The first-order valence-corrected chi connectivity index (χ1v) is 9.35. The number of hydrogen-bond acceptors (Lipinski definition) is 5. The Kier molecular flexibility index (Phi) is 9.06. The molecule has 5 heteroatoms. The third-order valence-electron chi connectivity index (χ3n) is 4.14. The highest BCUT2D eigenvalue weighted by Gasteiger charge is 2.24. The molecule has 3 rings (SSSR count). The summed E-state index contributed by atoms with van der Waals surface area (Å²) in [6, 6.07) is 11.3. The molecule has 27 heavy (non-hydrogen) atoms. The minimum Gasteiger partial charge on any atom is -0.504 e. The maximum atomic E-state index is 11.2. The Balaban J connectivity index is 0.000000855. The van der Waals surface area contributed by atoms with Crippen LogP contribution in [0, 0.1) is 0 Å². The van der Waals surface area contributed by atoms with Crippen LogP contribution in [0.4, 0.5) is 11.4 Å². The maximum Gasteiger partial charge on any atom is 0.161 e. The molecule has 1 aliphatic rings. The number of likely N-dealkylation sites (N-methyl/N-ethyl adjacent to an activating group) is 1. The van der Waals surface area contributed by atoms with E-state index in [1.807, 2.05) is 53.1 Å². The zero-order valence-electron chi connectivity index (χ0n) is 17.1. The fourth-order valence-corrected chi connectivity index (χ4v) is 2.83. The summed E-state index contributed by atoms with van der Waals surface area (Å²) in [6.07, 6.45) is 3.39. The number of ether oxygens (including phenoxy) is 1. The van der Waals surface area contributed by atoms with Crippen molar-refractivity contribution in [2.45, 2.75) is 40.2 Å². The quantitative estimate of drug-likeness (QED) is 0.606. The van der Waals surface area contributed by atoms with Crippen LogP contribution >= 0.6 is 0 Å². The summed E-state index contributed by atoms with van der Waals surface area (Å²) >= 11 is 0. The summed E-state index contributed by atoms with van der Waals surface area (Å²) in [5, 5.41) is 9.87. The molecule has 0 saturated heterocycles. The van der Waals surface area contributed by atoms with Crippen LogP contribution in [0.5, 0.6) is 11.5 Å². The molecule has 0 radical (unpaired) electrons. The predicted molar refractivity (Wildman–Crippen MR) is 113 cm³/mol. The van der Waals surface area contributed by atoms with Gasteiger partial charge in [0.25, 0.3) is 0 Å². The number of aromatic hydroxyl groups is 1. The number of nitrogens with zero attached hydrogens (tertiary/aromatic N) is 2. The van der Waals surface area contributed by atoms with Gasteiger partial charge >= 0.3 is 0 Å². The summed E-state index contributed by atoms with van der Waals surface area (Å²) < 4.78 is 5.01. The van der Waals surface area contributed by atoms with Crippen molar-refractivity contribution in [3.63, 3.8) is 0 Å². The Hall–Kier alpha value is -2.82. The summed E-state index contributed by atoms with van der Waals surface area (Å²) in [5.41, 5.74) is 3.29. The number of anilines is 1. The van der Waals surface area contributed by atoms with E-state index in [0.29, 0.717) is 17.5 Å². The van der Waals surface area contributed by atoms with E-state index in [1.165, 1.54) is 30.5 Å². The lowest BCUT2D eigenvalue weighted by Crippen LogP contribution is -2.28. The first kappa shape index (κ1) is 22.2. The predicted octanol–water partition coefficient (Wildman–Crippen LogP) is 5.03. The SMILES string of the molecule is CC.CC.COc1cc(C=O)c(N=CC2Cc3ccccc3N2C)cc1O. The summed E-state index contributed by atoms with van der Waals surface area (Å²) in [6.45, 7) is 8.00. The molecular formula is C22H30N2O3. The van der Waals surface area contributed by atoms with Crippen molar-refractivity contribution < 1.29 is 14.6 Å². The third-order valence-corrected chi connectivity index (χ3v) is 4.14. The van der Waals surface area contributed by atoms with Crippen molar-refractivity contribution in [1.29, 1.82) is 0 Å². The second-order valence-corrected chi connectivity index (χ2v) is 5.49. The number of hydrogen-bond donors (Lipinski definition) is 1. The number of phenolic OH excluding ortho intramolecular Hbond substituents is 1. The molecule has 0 aliphatic carbocycles. The van der Waals surface area contributed by atoms with Gasteiger partial charge in [0, 0.05) is 30.6 Å². The van der Waals surface area contributed by atoms with Crippen LogP contribution in [0.3, 0.4) is 0 Å². The number of fused-ring (bicyclic) bond motifs is 1. The second-order valence-electron chi connectivity index (χ2n) is 5.49. The van der Waals surface area contributed by atoms with E-state index < -0.39 is 0 Å². The lowest BCUT2D eigenvalue weighted by molar-refractivity contribution is 0.112. The average molecular weight is 370 g/mol. The van der Waals surface area contributed by atoms with Crippen LogP contribution < -0.4 is 9.64 Å². The van der Waals surface area contributed by atoms with E-state index >= 15 is 0 Å². The van der Waals surface area contributed by atoms with Crippen LogP contribution in [0.15, 0.2) is 41.4 Å². The van der Waals surface area contributed by atoms with Crippen LogP contribution in [-0.2, 0) is 6.42 Å². The van der Waals surface area contributed by atoms with Gasteiger partial charge in [0.2, 0.25) is 0 Å². The van der Waals surface area contributed by atoms with Crippen molar-refractivity contribution in [3.8, 4) is 11.5 Å². The Morgan fingerprint density at radius 2 is 1.85 bits per heavy atom. The largest absolute Gasteiger partial charge is 0.504 e. The normalized spacial score (nSPS) is 14.6. The van der Waals surface area contributed by atoms with Gasteiger partial charge in [-0.1, -0.05) is 45.9 Å². The number of para-hydroxylation sites is 1. The smallest absolute Gasteiger partial charge is 0.161 e. The number of phenols is 1. The molecule has 1 N–H and O–H groups in total. The molecular weight excluding hydrogens is 340 g/mol. The molecule has 1 unspecified atom stereocenters. The number of carbonyl (C=O) groups is 1. The fraction of sp³-hybridized carbons (Fsp3) is 0.364. The van der Waals surface area contributed by atoms with Crippen molar-refractivity contribution >= 4 is 23.9 Å². The molecule has 0 saturated carbocycles. The Bertz CT molecular complexity index is 772. The van der Waals surface area contributed by atoms with E-state index in [4.69, 9.17) is 4.74 Å². The van der Waals surface area contributed by atoms with E-state index in [-0.39, 0.29) is 17.5 Å². The highest BCUT2D eigenvalue weighted by atomic mass is 16.5. The monoisotopic (exact) mass is 370 g/mol. The molecule has 2 aromatic carbocycles. The highest BCUT2D eigenvalue weighted by molar-refractivity contribution is 5.87. The molecule has 2 aromatic rings. The van der Waals surface area contributed by atoms with Gasteiger partial charge in [0.15, 0.2) is 17.8 Å². The molecule has 146 valence electrons. The first-order valence-electron chi connectivity index (χ1n) is 9.35. The van der Waals surface area contributed by atoms with Crippen molar-refractivity contribution in [3.05, 3.63) is 47.5 Å². The van der Waals surface area contributed by atoms with Gasteiger partial charge in [-0.3, -0.25) is 9.79 Å². The minimum absolute atomic E-state index is 0.0340. The first-order chi connectivity index (χ1) is 13.1. The Morgan fingerprint density at radius 3 is 2.44 bits per heavy atom. The maximum absolute atomic E-state index is 11.2. The zero-order valence-corrected chi connectivity index (χ0v) is 17.1. The molecule has 1 heterocycles. The topological polar surface area (TPSA) is 62.1 Å². The van der Waals surface area contributed by atoms with Gasteiger partial charge in [-0.2, -0.15) is 0 Å². The van der Waals surface area contributed by atoms with Crippen LogP contribution in [-0.4, -0.2) is 37.8 Å². The Morgan fingerprint density at radius 1 is 1.19 bits per heavy atom. The Labute approximate surface area is 162 Å². The number of methoxy groups -OCH3 is 1. The molecule has 0 aromatic heterocycles. The average Bonchev–Trinajstić information content (AvgIpc) is 3.05. The van der Waals surface area contributed by atoms with E-state index in [1.54, 1.807) is 0 Å². The highest BCUT2D eigenvalue weighted by Crippen LogP contribution is 2.34. The van der Waals surface area contributed by atoms with E-state index in [0.717, 1.165) is 6.42 Å². The molecule has 0 spiro atoms. The number of rotatable bonds is 4. The molecule has 0 amide bonds. The van der Waals surface area contributed by atoms with Crippen LogP contribution in [0.2, 0.25) is 0 Å². The fourth-order valence-electron chi connectivity index (χ4n) is 2.83. The van der Waals surface area contributed by atoms with Gasteiger partial charge in [-0.05, 0) is 24.1 Å². The van der Waals surface area contributed by atoms with Crippen LogP contribution in [0.1, 0.15) is 43.6 Å². The number of aliphatic imine (C=N–C) groups is 1. The zero-order chi connectivity index (χ0) is 20.4. The van der Waals surface area contributed by atoms with Crippen molar-refractivity contribution in [1.82, 2.24) is 0 Å². The van der Waals surface area contributed by atoms with E-state index in [2.05, 4.69) is 22.0 Å². The molecule has 1 aliphatic heterocycles. The molecule has 5 nitrogen and oxygen atoms in total. The van der Waals surface area contributed by atoms with Gasteiger partial charge < -0.3 is 14.7 Å². The second kappa shape index (κ2) is 11.0. The van der Waals surface area contributed by atoms with E-state index in [9.17, 15) is 9.90 Å². The lowest BCUT2D eigenvalue weighted by atomic mass is 10.1. The van der Waals surface area contributed by atoms with Gasteiger partial charge in [-0.15, -0.1) is 0 Å². The number of aldehydes is 1. The van der Waals surface area contributed by atoms with Crippen LogP contribution in [0.25, 0.3) is 0 Å². The standard InChI is InChI=1S/C18H18N2O3.2C2H6/c1-20-14(7-12-5-3-4-6-16(12)20)10-19-15-9-17(22)18(23-2)8-13(15)11-21;2*1-2/h3-6,8-11,14,22H,7H2,1-2H3;2*1-2H3. The number of benzene rings is 2. The lowest BCUT2D eigenvalue weighted by Gasteiger charge is -2.18. The van der Waals surface area contributed by atoms with Gasteiger partial charge in [0.1, 0.15) is 0 Å². The molecule has 1 atom stereocenters. The third kappa shape index (κ3) is 5.09. The number of carbonyl (C=O) groups excluding carboxylic acids is 1. The molecule has 0 bridgehead atoms. The minimum atomic E-state index is -0.0340. The molecule has 0 fully saturated rings. The summed E-state index contributed by atoms with van der Waals surface area (Å²) in [7, 11) is 3.46. The summed E-state index contributed by atoms with van der Waals surface area (Å²) in [5.74, 6) is 0.227. The summed E-state index contributed by atoms with van der Waals surface area (Å²) in [4.78, 5) is 17.8. The van der Waals surface area contributed by atoms with Gasteiger partial charge in [-0.25, -0.2) is 0 Å². The van der Waals surface area contributed by atoms with Crippen molar-refractivity contribution in [2.24, 2.45) is 4.99 Å².